The summed E-state index contributed by atoms with van der Waals surface area (Å²) in [4.78, 5) is 13.7. The van der Waals surface area contributed by atoms with E-state index in [2.05, 4.69) is 43.9 Å². The van der Waals surface area contributed by atoms with Crippen molar-refractivity contribution in [2.24, 2.45) is 5.41 Å². The maximum atomic E-state index is 11.3. The number of fused-ring (bicyclic) bond motifs is 1. The number of rotatable bonds is 4. The van der Waals surface area contributed by atoms with Gasteiger partial charge in [-0.2, -0.15) is 0 Å². The van der Waals surface area contributed by atoms with Gasteiger partial charge in [-0.05, 0) is 37.8 Å². The lowest BCUT2D eigenvalue weighted by Gasteiger charge is -2.36. The average Bonchev–Trinajstić information content (AvgIpc) is 2.38. The second-order valence-electron chi connectivity index (χ2n) is 5.78. The quantitative estimate of drug-likeness (QED) is 0.758. The third-order valence-electron chi connectivity index (χ3n) is 4.09. The van der Waals surface area contributed by atoms with E-state index in [9.17, 15) is 4.79 Å². The number of carbonyl (C=O) groups excluding carboxylic acids is 1. The summed E-state index contributed by atoms with van der Waals surface area (Å²) in [5, 5.41) is 0. The maximum absolute atomic E-state index is 11.3. The van der Waals surface area contributed by atoms with E-state index in [0.717, 1.165) is 32.2 Å². The van der Waals surface area contributed by atoms with E-state index in [4.69, 9.17) is 0 Å². The normalized spacial score (nSPS) is 18.1. The van der Waals surface area contributed by atoms with Crippen LogP contribution >= 0.6 is 0 Å². The van der Waals surface area contributed by atoms with Gasteiger partial charge in [-0.3, -0.25) is 0 Å². The van der Waals surface area contributed by atoms with Gasteiger partial charge in [-0.25, -0.2) is 0 Å². The van der Waals surface area contributed by atoms with Crippen LogP contribution in [-0.4, -0.2) is 19.4 Å². The summed E-state index contributed by atoms with van der Waals surface area (Å²) >= 11 is 0. The van der Waals surface area contributed by atoms with Crippen LogP contribution in [0, 0.1) is 12.3 Å². The molecule has 0 N–H and O–H groups in total. The number of benzene rings is 1. The molecule has 1 atom stereocenters. The van der Waals surface area contributed by atoms with E-state index in [0.29, 0.717) is 0 Å². The zero-order chi connectivity index (χ0) is 13.2. The first-order valence-electron chi connectivity index (χ1n) is 6.89. The second-order valence-corrected chi connectivity index (χ2v) is 5.78. The average molecular weight is 245 g/mol. The fourth-order valence-electron chi connectivity index (χ4n) is 2.64. The minimum Gasteiger partial charge on any atom is -0.370 e. The first-order chi connectivity index (χ1) is 8.58. The third-order valence-corrected chi connectivity index (χ3v) is 4.09. The molecule has 0 saturated carbocycles. The molecule has 0 saturated heterocycles. The van der Waals surface area contributed by atoms with Crippen LogP contribution in [0.25, 0.3) is 0 Å². The van der Waals surface area contributed by atoms with Gasteiger partial charge < -0.3 is 9.69 Å². The second kappa shape index (κ2) is 5.13. The maximum Gasteiger partial charge on any atom is 0.127 e. The molecule has 0 spiro atoms. The van der Waals surface area contributed by atoms with Gasteiger partial charge in [0.2, 0.25) is 0 Å². The molecule has 2 nitrogen and oxygen atoms in total. The molecule has 98 valence electrons. The Kier molecular flexibility index (Phi) is 3.74. The van der Waals surface area contributed by atoms with E-state index >= 15 is 0 Å². The van der Waals surface area contributed by atoms with Crippen molar-refractivity contribution in [1.29, 1.82) is 0 Å². The monoisotopic (exact) mass is 245 g/mol. The highest BCUT2D eigenvalue weighted by Crippen LogP contribution is 2.31. The lowest BCUT2D eigenvalue weighted by atomic mass is 9.87. The Morgan fingerprint density at radius 2 is 2.22 bits per heavy atom. The topological polar surface area (TPSA) is 20.3 Å². The standard InChI is InChI=1S/C16H23NO/c1-4-16(3,12-18)11-17-9-5-6-14-10-13(2)7-8-15(14)17/h7-8,10,12H,4-6,9,11H2,1-3H3. The summed E-state index contributed by atoms with van der Waals surface area (Å²) in [5.74, 6) is 0. The molecular weight excluding hydrogens is 222 g/mol. The molecule has 1 unspecified atom stereocenters. The highest BCUT2D eigenvalue weighted by atomic mass is 16.1. The van der Waals surface area contributed by atoms with Gasteiger partial charge in [0.1, 0.15) is 6.29 Å². The summed E-state index contributed by atoms with van der Waals surface area (Å²) in [6, 6.07) is 6.66. The van der Waals surface area contributed by atoms with Gasteiger partial charge in [0.15, 0.2) is 0 Å². The van der Waals surface area contributed by atoms with Crippen LogP contribution in [0.1, 0.15) is 37.8 Å². The Bertz CT molecular complexity index is 441. The van der Waals surface area contributed by atoms with Crippen molar-refractivity contribution in [3.8, 4) is 0 Å². The molecule has 1 aliphatic rings. The van der Waals surface area contributed by atoms with E-state index in [1.165, 1.54) is 23.2 Å². The molecule has 1 aromatic carbocycles. The van der Waals surface area contributed by atoms with Crippen molar-refractivity contribution in [2.75, 3.05) is 18.0 Å². The fourth-order valence-corrected chi connectivity index (χ4v) is 2.64. The Balaban J connectivity index is 2.25. The Morgan fingerprint density at radius 3 is 2.89 bits per heavy atom. The summed E-state index contributed by atoms with van der Waals surface area (Å²) in [6.45, 7) is 8.19. The molecule has 0 bridgehead atoms. The molecular formula is C16H23NO. The number of hydrogen-bond acceptors (Lipinski definition) is 2. The lowest BCUT2D eigenvalue weighted by molar-refractivity contribution is -0.115. The minimum atomic E-state index is -0.223. The summed E-state index contributed by atoms with van der Waals surface area (Å²) < 4.78 is 0. The number of hydrogen-bond donors (Lipinski definition) is 0. The van der Waals surface area contributed by atoms with Crippen LogP contribution in [0.5, 0.6) is 0 Å². The van der Waals surface area contributed by atoms with Gasteiger partial charge in [0.05, 0.1) is 0 Å². The van der Waals surface area contributed by atoms with Crippen molar-refractivity contribution >= 4 is 12.0 Å². The molecule has 0 amide bonds. The smallest absolute Gasteiger partial charge is 0.127 e. The van der Waals surface area contributed by atoms with Crippen molar-refractivity contribution in [3.63, 3.8) is 0 Å². The molecule has 0 radical (unpaired) electrons. The van der Waals surface area contributed by atoms with Crippen LogP contribution in [0.2, 0.25) is 0 Å². The zero-order valence-corrected chi connectivity index (χ0v) is 11.7. The molecule has 1 aliphatic heterocycles. The lowest BCUT2D eigenvalue weighted by Crippen LogP contribution is -2.39. The predicted octanol–water partition coefficient (Wildman–Crippen LogP) is 3.36. The SMILES string of the molecule is CCC(C)(C=O)CN1CCCc2cc(C)ccc21. The number of carbonyl (C=O) groups is 1. The highest BCUT2D eigenvalue weighted by Gasteiger charge is 2.27. The summed E-state index contributed by atoms with van der Waals surface area (Å²) in [6.07, 6.45) is 4.37. The molecule has 1 heterocycles. The summed E-state index contributed by atoms with van der Waals surface area (Å²) in [5.41, 5.74) is 3.86. The molecule has 2 rings (SSSR count). The first-order valence-corrected chi connectivity index (χ1v) is 6.89. The molecule has 0 fully saturated rings. The van der Waals surface area contributed by atoms with Crippen molar-refractivity contribution in [2.45, 2.75) is 40.0 Å². The Morgan fingerprint density at radius 1 is 1.44 bits per heavy atom. The van der Waals surface area contributed by atoms with Crippen molar-refractivity contribution < 1.29 is 4.79 Å². The third kappa shape index (κ3) is 2.58. The van der Waals surface area contributed by atoms with Gasteiger partial charge >= 0.3 is 0 Å². The van der Waals surface area contributed by atoms with Gasteiger partial charge in [-0.1, -0.05) is 31.5 Å². The summed E-state index contributed by atoms with van der Waals surface area (Å²) in [7, 11) is 0. The Labute approximate surface area is 110 Å². The number of nitrogens with zero attached hydrogens (tertiary/aromatic N) is 1. The molecule has 0 aromatic heterocycles. The predicted molar refractivity (Wildman–Crippen MR) is 76.2 cm³/mol. The number of aldehydes is 1. The number of anilines is 1. The Hall–Kier alpha value is -1.31. The first kappa shape index (κ1) is 13.1. The minimum absolute atomic E-state index is 0.223. The van der Waals surface area contributed by atoms with Gasteiger partial charge in [0.25, 0.3) is 0 Å². The van der Waals surface area contributed by atoms with Crippen LogP contribution in [-0.2, 0) is 11.2 Å². The van der Waals surface area contributed by atoms with Crippen molar-refractivity contribution in [1.82, 2.24) is 0 Å². The van der Waals surface area contributed by atoms with Gasteiger partial charge in [0, 0.05) is 24.2 Å². The zero-order valence-electron chi connectivity index (χ0n) is 11.7. The van der Waals surface area contributed by atoms with Crippen LogP contribution in [0.4, 0.5) is 5.69 Å². The van der Waals surface area contributed by atoms with E-state index < -0.39 is 0 Å². The van der Waals surface area contributed by atoms with E-state index in [1.54, 1.807) is 0 Å². The van der Waals surface area contributed by atoms with E-state index in [-0.39, 0.29) is 5.41 Å². The molecule has 1 aromatic rings. The number of aryl methyl sites for hydroxylation is 2. The van der Waals surface area contributed by atoms with Crippen molar-refractivity contribution in [3.05, 3.63) is 29.3 Å². The molecule has 18 heavy (non-hydrogen) atoms. The van der Waals surface area contributed by atoms with E-state index in [1.807, 2.05) is 0 Å². The highest BCUT2D eigenvalue weighted by molar-refractivity contribution is 5.63. The van der Waals surface area contributed by atoms with Gasteiger partial charge in [-0.15, -0.1) is 0 Å². The molecule has 0 aliphatic carbocycles. The van der Waals surface area contributed by atoms with Crippen LogP contribution < -0.4 is 4.90 Å². The largest absolute Gasteiger partial charge is 0.370 e. The van der Waals surface area contributed by atoms with Crippen LogP contribution in [0.15, 0.2) is 18.2 Å². The fraction of sp³-hybridized carbons (Fsp3) is 0.562. The molecule has 2 heteroatoms. The van der Waals surface area contributed by atoms with Crippen LogP contribution in [0.3, 0.4) is 0 Å².